The standard InChI is InChI=1S/C17H20BrClN2OS/c1-2-22-14-4-3-12(18)11-13(14)17(15-5-6-16(19)23-15)21-9-7-20-8-10-21/h3-6,11,17,20H,2,7-10H2,1H3. The van der Waals surface area contributed by atoms with E-state index in [1.165, 1.54) is 10.4 Å². The smallest absolute Gasteiger partial charge is 0.124 e. The van der Waals surface area contributed by atoms with Crippen LogP contribution in [0, 0.1) is 0 Å². The van der Waals surface area contributed by atoms with Gasteiger partial charge in [0.15, 0.2) is 0 Å². The van der Waals surface area contributed by atoms with E-state index in [4.69, 9.17) is 16.3 Å². The van der Waals surface area contributed by atoms with Crippen molar-refractivity contribution >= 4 is 38.9 Å². The van der Waals surface area contributed by atoms with Gasteiger partial charge in [0.05, 0.1) is 17.0 Å². The molecular formula is C17H20BrClN2OS. The summed E-state index contributed by atoms with van der Waals surface area (Å²) in [5.41, 5.74) is 1.20. The van der Waals surface area contributed by atoms with Crippen molar-refractivity contribution < 1.29 is 4.74 Å². The molecule has 1 fully saturated rings. The third-order valence-corrected chi connectivity index (χ3v) is 5.72. The molecule has 0 radical (unpaired) electrons. The van der Waals surface area contributed by atoms with Gasteiger partial charge in [0.1, 0.15) is 5.75 Å². The van der Waals surface area contributed by atoms with Crippen LogP contribution in [0.25, 0.3) is 0 Å². The molecule has 6 heteroatoms. The predicted octanol–water partition coefficient (Wildman–Crippen LogP) is 4.56. The first-order chi connectivity index (χ1) is 11.2. The molecule has 1 N–H and O–H groups in total. The highest BCUT2D eigenvalue weighted by molar-refractivity contribution is 9.10. The normalized spacial score (nSPS) is 17.2. The lowest BCUT2D eigenvalue weighted by molar-refractivity contribution is 0.196. The zero-order valence-electron chi connectivity index (χ0n) is 13.0. The van der Waals surface area contributed by atoms with Crippen molar-refractivity contribution in [1.82, 2.24) is 10.2 Å². The van der Waals surface area contributed by atoms with Crippen molar-refractivity contribution in [3.63, 3.8) is 0 Å². The first kappa shape index (κ1) is 17.2. The van der Waals surface area contributed by atoms with Crippen LogP contribution in [-0.4, -0.2) is 37.7 Å². The molecule has 0 amide bonds. The fourth-order valence-corrected chi connectivity index (χ4v) is 4.56. The number of rotatable bonds is 5. The molecule has 0 bridgehead atoms. The number of thiophene rings is 1. The van der Waals surface area contributed by atoms with Gasteiger partial charge < -0.3 is 10.1 Å². The molecule has 0 aliphatic carbocycles. The van der Waals surface area contributed by atoms with Gasteiger partial charge in [0.25, 0.3) is 0 Å². The minimum atomic E-state index is 0.175. The van der Waals surface area contributed by atoms with Crippen molar-refractivity contribution in [1.29, 1.82) is 0 Å². The zero-order valence-corrected chi connectivity index (χ0v) is 16.2. The monoisotopic (exact) mass is 414 g/mol. The van der Waals surface area contributed by atoms with Crippen LogP contribution in [0.1, 0.15) is 23.4 Å². The Bertz CT molecular complexity index is 658. The minimum absolute atomic E-state index is 0.175. The summed E-state index contributed by atoms with van der Waals surface area (Å²) in [5, 5.41) is 3.42. The summed E-state index contributed by atoms with van der Waals surface area (Å²) in [4.78, 5) is 3.76. The Labute approximate surface area is 154 Å². The highest BCUT2D eigenvalue weighted by Gasteiger charge is 2.28. The molecule has 1 aliphatic rings. The van der Waals surface area contributed by atoms with Gasteiger partial charge in [-0.15, -0.1) is 11.3 Å². The number of halogens is 2. The zero-order chi connectivity index (χ0) is 16.2. The first-order valence-corrected chi connectivity index (χ1v) is 9.80. The molecule has 0 saturated carbocycles. The van der Waals surface area contributed by atoms with E-state index < -0.39 is 0 Å². The molecule has 1 aromatic heterocycles. The van der Waals surface area contributed by atoms with Gasteiger partial charge in [-0.25, -0.2) is 0 Å². The molecule has 2 heterocycles. The molecule has 3 nitrogen and oxygen atoms in total. The number of piperazine rings is 1. The molecule has 1 aromatic carbocycles. The number of nitrogens with one attached hydrogen (secondary N) is 1. The van der Waals surface area contributed by atoms with E-state index in [2.05, 4.69) is 38.3 Å². The van der Waals surface area contributed by atoms with Crippen molar-refractivity contribution in [3.05, 3.63) is 49.6 Å². The predicted molar refractivity (Wildman–Crippen MR) is 101 cm³/mol. The second-order valence-corrected chi connectivity index (χ2v) is 8.11. The number of nitrogens with zero attached hydrogens (tertiary/aromatic N) is 1. The van der Waals surface area contributed by atoms with Gasteiger partial charge in [-0.3, -0.25) is 4.90 Å². The average molecular weight is 416 g/mol. The maximum Gasteiger partial charge on any atom is 0.124 e. The molecule has 3 rings (SSSR count). The van der Waals surface area contributed by atoms with Crippen LogP contribution in [0.4, 0.5) is 0 Å². The van der Waals surface area contributed by atoms with Crippen molar-refractivity contribution in [3.8, 4) is 5.75 Å². The molecule has 23 heavy (non-hydrogen) atoms. The summed E-state index contributed by atoms with van der Waals surface area (Å²) in [7, 11) is 0. The van der Waals surface area contributed by atoms with E-state index in [9.17, 15) is 0 Å². The number of ether oxygens (including phenoxy) is 1. The maximum absolute atomic E-state index is 6.21. The number of benzene rings is 1. The molecule has 1 aliphatic heterocycles. The van der Waals surface area contributed by atoms with Gasteiger partial charge in [-0.2, -0.15) is 0 Å². The van der Waals surface area contributed by atoms with Crippen LogP contribution in [-0.2, 0) is 0 Å². The largest absolute Gasteiger partial charge is 0.494 e. The highest BCUT2D eigenvalue weighted by Crippen LogP contribution is 2.40. The van der Waals surface area contributed by atoms with Gasteiger partial charge in [0, 0.05) is 41.1 Å². The number of hydrogen-bond donors (Lipinski definition) is 1. The van der Waals surface area contributed by atoms with Crippen LogP contribution in [0.5, 0.6) is 5.75 Å². The Morgan fingerprint density at radius 3 is 2.74 bits per heavy atom. The van der Waals surface area contributed by atoms with Crippen molar-refractivity contribution in [2.75, 3.05) is 32.8 Å². The second-order valence-electron chi connectivity index (χ2n) is 5.45. The van der Waals surface area contributed by atoms with E-state index in [0.717, 1.165) is 40.7 Å². The topological polar surface area (TPSA) is 24.5 Å². The van der Waals surface area contributed by atoms with E-state index in [-0.39, 0.29) is 6.04 Å². The summed E-state index contributed by atoms with van der Waals surface area (Å²) in [6, 6.07) is 10.5. The fraction of sp³-hybridized carbons (Fsp3) is 0.412. The Hall–Kier alpha value is -0.590. The van der Waals surface area contributed by atoms with E-state index in [1.54, 1.807) is 11.3 Å². The highest BCUT2D eigenvalue weighted by atomic mass is 79.9. The molecule has 1 atom stereocenters. The Balaban J connectivity index is 2.05. The molecular weight excluding hydrogens is 396 g/mol. The summed E-state index contributed by atoms with van der Waals surface area (Å²) in [5.74, 6) is 0.948. The van der Waals surface area contributed by atoms with Gasteiger partial charge >= 0.3 is 0 Å². The second kappa shape index (κ2) is 7.99. The van der Waals surface area contributed by atoms with Crippen LogP contribution in [0.15, 0.2) is 34.8 Å². The van der Waals surface area contributed by atoms with Gasteiger partial charge in [-0.05, 0) is 37.3 Å². The van der Waals surface area contributed by atoms with Crippen LogP contribution in [0.2, 0.25) is 4.34 Å². The fourth-order valence-electron chi connectivity index (χ4n) is 2.97. The van der Waals surface area contributed by atoms with Crippen molar-refractivity contribution in [2.45, 2.75) is 13.0 Å². The summed E-state index contributed by atoms with van der Waals surface area (Å²) in [6.07, 6.45) is 0. The van der Waals surface area contributed by atoms with E-state index >= 15 is 0 Å². The molecule has 1 unspecified atom stereocenters. The lowest BCUT2D eigenvalue weighted by Crippen LogP contribution is -2.45. The van der Waals surface area contributed by atoms with Crippen LogP contribution >= 0.6 is 38.9 Å². The van der Waals surface area contributed by atoms with Crippen LogP contribution < -0.4 is 10.1 Å². The quantitative estimate of drug-likeness (QED) is 0.775. The lowest BCUT2D eigenvalue weighted by atomic mass is 10.0. The number of hydrogen-bond acceptors (Lipinski definition) is 4. The first-order valence-electron chi connectivity index (χ1n) is 7.81. The van der Waals surface area contributed by atoms with Gasteiger partial charge in [0.2, 0.25) is 0 Å². The van der Waals surface area contributed by atoms with E-state index in [0.29, 0.717) is 6.61 Å². The Morgan fingerprint density at radius 2 is 2.09 bits per heavy atom. The molecule has 0 spiro atoms. The Morgan fingerprint density at radius 1 is 1.30 bits per heavy atom. The third kappa shape index (κ3) is 4.09. The molecule has 124 valence electrons. The molecule has 2 aromatic rings. The SMILES string of the molecule is CCOc1ccc(Br)cc1C(c1ccc(Cl)s1)N1CCNCC1. The average Bonchev–Trinajstić information content (AvgIpc) is 2.97. The van der Waals surface area contributed by atoms with Crippen LogP contribution in [0.3, 0.4) is 0 Å². The van der Waals surface area contributed by atoms with Gasteiger partial charge in [-0.1, -0.05) is 27.5 Å². The minimum Gasteiger partial charge on any atom is -0.494 e. The van der Waals surface area contributed by atoms with Crippen molar-refractivity contribution in [2.24, 2.45) is 0 Å². The van der Waals surface area contributed by atoms with E-state index in [1.807, 2.05) is 25.1 Å². The summed E-state index contributed by atoms with van der Waals surface area (Å²) < 4.78 is 7.80. The lowest BCUT2D eigenvalue weighted by Gasteiger charge is -2.35. The molecule has 1 saturated heterocycles. The summed E-state index contributed by atoms with van der Waals surface area (Å²) in [6.45, 7) is 6.72. The Kier molecular flexibility index (Phi) is 5.99. The third-order valence-electron chi connectivity index (χ3n) is 3.95. The summed E-state index contributed by atoms with van der Waals surface area (Å²) >= 11 is 11.5. The maximum atomic E-state index is 6.21.